The Labute approximate surface area is 127 Å². The molecule has 1 aliphatic carbocycles. The van der Waals surface area contributed by atoms with Gasteiger partial charge in [-0.1, -0.05) is 24.3 Å². The summed E-state index contributed by atoms with van der Waals surface area (Å²) in [6.45, 7) is 0. The van der Waals surface area contributed by atoms with Gasteiger partial charge < -0.3 is 10.6 Å². The van der Waals surface area contributed by atoms with Crippen molar-refractivity contribution in [3.8, 4) is 0 Å². The molecule has 0 unspecified atom stereocenters. The van der Waals surface area contributed by atoms with E-state index in [-0.39, 0.29) is 11.7 Å². The molecule has 22 heavy (non-hydrogen) atoms. The SMILES string of the molecule is O=C(Nc1ccc(F)cc1F)N[C@@H]1CCCc2ccccc21. The maximum absolute atomic E-state index is 13.5. The van der Waals surface area contributed by atoms with Crippen LogP contribution in [-0.2, 0) is 6.42 Å². The predicted molar refractivity (Wildman–Crippen MR) is 80.6 cm³/mol. The lowest BCUT2D eigenvalue weighted by atomic mass is 9.88. The maximum Gasteiger partial charge on any atom is 0.319 e. The number of rotatable bonds is 2. The van der Waals surface area contributed by atoms with Crippen molar-refractivity contribution in [1.29, 1.82) is 0 Å². The highest BCUT2D eigenvalue weighted by molar-refractivity contribution is 5.89. The van der Waals surface area contributed by atoms with Gasteiger partial charge in [-0.25, -0.2) is 13.6 Å². The minimum absolute atomic E-state index is 0.0389. The van der Waals surface area contributed by atoms with Gasteiger partial charge in [0.1, 0.15) is 11.6 Å². The van der Waals surface area contributed by atoms with Gasteiger partial charge >= 0.3 is 6.03 Å². The zero-order valence-corrected chi connectivity index (χ0v) is 11.9. The van der Waals surface area contributed by atoms with Crippen LogP contribution in [0.1, 0.15) is 30.0 Å². The summed E-state index contributed by atoms with van der Waals surface area (Å²) in [5.41, 5.74) is 2.29. The molecule has 2 amide bonds. The molecule has 0 bridgehead atoms. The summed E-state index contributed by atoms with van der Waals surface area (Å²) in [4.78, 5) is 12.0. The third-order valence-corrected chi connectivity index (χ3v) is 3.85. The number of carbonyl (C=O) groups is 1. The highest BCUT2D eigenvalue weighted by atomic mass is 19.1. The molecule has 1 aliphatic rings. The van der Waals surface area contributed by atoms with E-state index in [2.05, 4.69) is 16.7 Å². The fourth-order valence-corrected chi connectivity index (χ4v) is 2.81. The van der Waals surface area contributed by atoms with Gasteiger partial charge in [0.2, 0.25) is 0 Å². The summed E-state index contributed by atoms with van der Waals surface area (Å²) >= 11 is 0. The summed E-state index contributed by atoms with van der Waals surface area (Å²) in [5, 5.41) is 5.28. The van der Waals surface area contributed by atoms with Gasteiger partial charge in [0.25, 0.3) is 0 Å². The number of halogens is 2. The molecule has 0 heterocycles. The molecule has 0 aromatic heterocycles. The maximum atomic E-state index is 13.5. The molecule has 0 aliphatic heterocycles. The Morgan fingerprint density at radius 2 is 1.95 bits per heavy atom. The Kier molecular flexibility index (Phi) is 4.04. The van der Waals surface area contributed by atoms with Gasteiger partial charge in [0.05, 0.1) is 11.7 Å². The molecule has 0 saturated heterocycles. The van der Waals surface area contributed by atoms with E-state index in [1.165, 1.54) is 11.6 Å². The lowest BCUT2D eigenvalue weighted by Gasteiger charge is -2.26. The minimum atomic E-state index is -0.792. The first-order chi connectivity index (χ1) is 10.6. The number of fused-ring (bicyclic) bond motifs is 1. The van der Waals surface area contributed by atoms with E-state index in [4.69, 9.17) is 0 Å². The third kappa shape index (κ3) is 3.08. The number of urea groups is 1. The smallest absolute Gasteiger partial charge is 0.319 e. The number of anilines is 1. The monoisotopic (exact) mass is 302 g/mol. The van der Waals surface area contributed by atoms with Crippen molar-refractivity contribution in [2.24, 2.45) is 0 Å². The summed E-state index contributed by atoms with van der Waals surface area (Å²) in [5.74, 6) is -1.47. The van der Waals surface area contributed by atoms with Crippen molar-refractivity contribution >= 4 is 11.7 Å². The molecule has 0 fully saturated rings. The Morgan fingerprint density at radius 3 is 2.77 bits per heavy atom. The normalized spacial score (nSPS) is 16.7. The van der Waals surface area contributed by atoms with Crippen molar-refractivity contribution in [1.82, 2.24) is 5.32 Å². The van der Waals surface area contributed by atoms with E-state index < -0.39 is 17.7 Å². The van der Waals surface area contributed by atoms with Gasteiger partial charge in [-0.2, -0.15) is 0 Å². The molecule has 3 rings (SSSR count). The van der Waals surface area contributed by atoms with E-state index in [1.54, 1.807) is 0 Å². The second kappa shape index (κ2) is 6.13. The topological polar surface area (TPSA) is 41.1 Å². The zero-order chi connectivity index (χ0) is 15.5. The van der Waals surface area contributed by atoms with Crippen LogP contribution in [0.2, 0.25) is 0 Å². The largest absolute Gasteiger partial charge is 0.331 e. The first kappa shape index (κ1) is 14.5. The fourth-order valence-electron chi connectivity index (χ4n) is 2.81. The van der Waals surface area contributed by atoms with Crippen LogP contribution in [0.15, 0.2) is 42.5 Å². The molecule has 1 atom stereocenters. The zero-order valence-electron chi connectivity index (χ0n) is 11.9. The van der Waals surface area contributed by atoms with Crippen LogP contribution in [0.5, 0.6) is 0 Å². The summed E-state index contributed by atoms with van der Waals surface area (Å²) in [6.07, 6.45) is 2.84. The van der Waals surface area contributed by atoms with Gasteiger partial charge in [-0.15, -0.1) is 0 Å². The molecule has 0 saturated carbocycles. The van der Waals surface area contributed by atoms with Crippen LogP contribution in [0.4, 0.5) is 19.3 Å². The van der Waals surface area contributed by atoms with E-state index in [0.29, 0.717) is 0 Å². The number of aryl methyl sites for hydroxylation is 1. The van der Waals surface area contributed by atoms with Crippen LogP contribution in [0, 0.1) is 11.6 Å². The molecule has 2 N–H and O–H groups in total. The number of hydrogen-bond acceptors (Lipinski definition) is 1. The molecule has 114 valence electrons. The van der Waals surface area contributed by atoms with Crippen molar-refractivity contribution in [2.75, 3.05) is 5.32 Å². The number of nitrogens with one attached hydrogen (secondary N) is 2. The average Bonchev–Trinajstić information content (AvgIpc) is 2.50. The van der Waals surface area contributed by atoms with Crippen molar-refractivity contribution in [3.63, 3.8) is 0 Å². The first-order valence-electron chi connectivity index (χ1n) is 7.24. The van der Waals surface area contributed by atoms with E-state index in [1.807, 2.05) is 18.2 Å². The van der Waals surface area contributed by atoms with Crippen LogP contribution < -0.4 is 10.6 Å². The lowest BCUT2D eigenvalue weighted by molar-refractivity contribution is 0.247. The van der Waals surface area contributed by atoms with Gasteiger partial charge in [-0.3, -0.25) is 0 Å². The minimum Gasteiger partial charge on any atom is -0.331 e. The van der Waals surface area contributed by atoms with E-state index >= 15 is 0 Å². The van der Waals surface area contributed by atoms with Crippen LogP contribution in [-0.4, -0.2) is 6.03 Å². The quantitative estimate of drug-likeness (QED) is 0.859. The second-order valence-electron chi connectivity index (χ2n) is 5.37. The Bertz CT molecular complexity index is 703. The molecule has 5 heteroatoms. The summed E-state index contributed by atoms with van der Waals surface area (Å²) < 4.78 is 26.4. The Morgan fingerprint density at radius 1 is 1.14 bits per heavy atom. The van der Waals surface area contributed by atoms with Gasteiger partial charge in [0, 0.05) is 6.07 Å². The highest BCUT2D eigenvalue weighted by Crippen LogP contribution is 2.29. The van der Waals surface area contributed by atoms with E-state index in [0.717, 1.165) is 37.0 Å². The standard InChI is InChI=1S/C17H16F2N2O/c18-12-8-9-16(14(19)10-12)21-17(22)20-15-7-3-5-11-4-1-2-6-13(11)15/h1-2,4,6,8-10,15H,3,5,7H2,(H2,20,21,22)/t15-/m1/s1. The molecule has 0 spiro atoms. The Balaban J connectivity index is 1.70. The fraction of sp³-hybridized carbons (Fsp3) is 0.235. The molecular weight excluding hydrogens is 286 g/mol. The number of carbonyl (C=O) groups excluding carboxylic acids is 1. The second-order valence-corrected chi connectivity index (χ2v) is 5.37. The summed E-state index contributed by atoms with van der Waals surface area (Å²) in [6, 6.07) is 10.4. The van der Waals surface area contributed by atoms with E-state index in [9.17, 15) is 13.6 Å². The Hall–Kier alpha value is -2.43. The van der Waals surface area contributed by atoms with Crippen LogP contribution in [0.3, 0.4) is 0 Å². The lowest BCUT2D eigenvalue weighted by Crippen LogP contribution is -2.34. The number of benzene rings is 2. The first-order valence-corrected chi connectivity index (χ1v) is 7.24. The number of amides is 2. The highest BCUT2D eigenvalue weighted by Gasteiger charge is 2.21. The summed E-state index contributed by atoms with van der Waals surface area (Å²) in [7, 11) is 0. The van der Waals surface area contributed by atoms with Crippen molar-refractivity contribution in [2.45, 2.75) is 25.3 Å². The third-order valence-electron chi connectivity index (χ3n) is 3.85. The predicted octanol–water partition coefficient (Wildman–Crippen LogP) is 4.16. The van der Waals surface area contributed by atoms with Crippen LogP contribution in [0.25, 0.3) is 0 Å². The molecule has 2 aromatic rings. The van der Waals surface area contributed by atoms with Gasteiger partial charge in [-0.05, 0) is 42.5 Å². The number of hydrogen-bond donors (Lipinski definition) is 2. The molecular formula is C17H16F2N2O. The molecule has 2 aromatic carbocycles. The van der Waals surface area contributed by atoms with Crippen LogP contribution >= 0.6 is 0 Å². The van der Waals surface area contributed by atoms with Gasteiger partial charge in [0.15, 0.2) is 0 Å². The van der Waals surface area contributed by atoms with Crippen molar-refractivity contribution < 1.29 is 13.6 Å². The molecule has 0 radical (unpaired) electrons. The van der Waals surface area contributed by atoms with Crippen molar-refractivity contribution in [3.05, 3.63) is 65.2 Å². The molecule has 3 nitrogen and oxygen atoms in total. The average molecular weight is 302 g/mol.